The van der Waals surface area contributed by atoms with E-state index < -0.39 is 6.04 Å². The van der Waals surface area contributed by atoms with Crippen LogP contribution in [0.5, 0.6) is 11.5 Å². The number of aromatic hydroxyl groups is 1. The van der Waals surface area contributed by atoms with E-state index in [2.05, 4.69) is 11.9 Å². The number of carbonyl (C=O) groups excluding carboxylic acids is 1. The third-order valence-electron chi connectivity index (χ3n) is 6.84. The fourth-order valence-corrected chi connectivity index (χ4v) is 5.31. The number of halogens is 1. The largest absolute Gasteiger partial charge is 0.508 e. The number of rotatable bonds is 3. The zero-order chi connectivity index (χ0) is 23.1. The van der Waals surface area contributed by atoms with Crippen LogP contribution in [-0.4, -0.2) is 72.0 Å². The number of urea groups is 1. The Morgan fingerprint density at radius 3 is 2.94 bits per heavy atom. The van der Waals surface area contributed by atoms with Crippen molar-refractivity contribution in [1.82, 2.24) is 14.8 Å². The maximum atomic E-state index is 14.1. The number of piperidine rings is 1. The van der Waals surface area contributed by atoms with E-state index >= 15 is 0 Å². The van der Waals surface area contributed by atoms with Crippen molar-refractivity contribution in [3.63, 3.8) is 0 Å². The van der Waals surface area contributed by atoms with Gasteiger partial charge >= 0.3 is 6.03 Å². The number of amides is 2. The zero-order valence-corrected chi connectivity index (χ0v) is 18.9. The Bertz CT molecular complexity index is 1090. The highest BCUT2D eigenvalue weighted by Gasteiger charge is 2.46. The molecule has 2 aromatic carbocycles. The van der Waals surface area contributed by atoms with Gasteiger partial charge in [0.1, 0.15) is 17.3 Å². The van der Waals surface area contributed by atoms with Crippen molar-refractivity contribution in [3.05, 3.63) is 59.4 Å². The molecule has 7 nitrogen and oxygen atoms in total. The van der Waals surface area contributed by atoms with Gasteiger partial charge in [0.05, 0.1) is 24.3 Å². The fourth-order valence-electron chi connectivity index (χ4n) is 5.31. The summed E-state index contributed by atoms with van der Waals surface area (Å²) < 4.78 is 20.0. The molecule has 5 rings (SSSR count). The van der Waals surface area contributed by atoms with Crippen LogP contribution in [0.4, 0.5) is 9.18 Å². The maximum absolute atomic E-state index is 14.1. The lowest BCUT2D eigenvalue weighted by molar-refractivity contribution is 0.118. The predicted molar refractivity (Wildman–Crippen MR) is 123 cm³/mol. The third kappa shape index (κ3) is 4.15. The lowest BCUT2D eigenvalue weighted by Crippen LogP contribution is -2.45. The van der Waals surface area contributed by atoms with E-state index in [1.165, 1.54) is 17.1 Å². The molecule has 2 aromatic rings. The number of ether oxygens (including phenoxy) is 1. The van der Waals surface area contributed by atoms with Crippen LogP contribution < -0.4 is 4.74 Å². The van der Waals surface area contributed by atoms with E-state index in [1.54, 1.807) is 29.2 Å². The lowest BCUT2D eigenvalue weighted by atomic mass is 9.86. The van der Waals surface area contributed by atoms with Gasteiger partial charge in [0, 0.05) is 25.7 Å². The Labute approximate surface area is 193 Å². The molecule has 1 fully saturated rings. The minimum Gasteiger partial charge on any atom is -0.508 e. The molecule has 1 N–H and O–H groups in total. The molecule has 1 unspecified atom stereocenters. The first-order chi connectivity index (χ1) is 15.9. The van der Waals surface area contributed by atoms with E-state index in [-0.39, 0.29) is 23.5 Å². The molecule has 3 atom stereocenters. The molecule has 8 heteroatoms. The van der Waals surface area contributed by atoms with Crippen LogP contribution in [0.3, 0.4) is 0 Å². The molecule has 0 saturated carbocycles. The van der Waals surface area contributed by atoms with Crippen LogP contribution in [0.15, 0.2) is 47.6 Å². The summed E-state index contributed by atoms with van der Waals surface area (Å²) >= 11 is 0. The maximum Gasteiger partial charge on any atom is 0.340 e. The Morgan fingerprint density at radius 2 is 2.15 bits per heavy atom. The van der Waals surface area contributed by atoms with Crippen LogP contribution in [0.25, 0.3) is 0 Å². The van der Waals surface area contributed by atoms with Crippen LogP contribution >= 0.6 is 0 Å². The van der Waals surface area contributed by atoms with Crippen molar-refractivity contribution in [2.24, 2.45) is 16.9 Å². The highest BCUT2D eigenvalue weighted by Crippen LogP contribution is 2.43. The molecule has 0 radical (unpaired) electrons. The van der Waals surface area contributed by atoms with Crippen molar-refractivity contribution in [2.75, 3.05) is 40.3 Å². The highest BCUT2D eigenvalue weighted by molar-refractivity contribution is 6.07. The van der Waals surface area contributed by atoms with Crippen molar-refractivity contribution in [3.8, 4) is 11.5 Å². The lowest BCUT2D eigenvalue weighted by Gasteiger charge is -2.35. The molecule has 0 bridgehead atoms. The van der Waals surface area contributed by atoms with E-state index in [4.69, 9.17) is 9.84 Å². The Morgan fingerprint density at radius 1 is 1.30 bits per heavy atom. The van der Waals surface area contributed by atoms with Gasteiger partial charge in [-0.15, -0.1) is 0 Å². The van der Waals surface area contributed by atoms with Crippen molar-refractivity contribution < 1.29 is 19.0 Å². The van der Waals surface area contributed by atoms with Gasteiger partial charge in [-0.2, -0.15) is 5.10 Å². The summed E-state index contributed by atoms with van der Waals surface area (Å²) in [4.78, 5) is 17.7. The zero-order valence-electron chi connectivity index (χ0n) is 18.9. The van der Waals surface area contributed by atoms with Gasteiger partial charge in [0.2, 0.25) is 0 Å². The summed E-state index contributed by atoms with van der Waals surface area (Å²) in [6, 6.07) is 10.6. The van der Waals surface area contributed by atoms with E-state index in [0.717, 1.165) is 31.5 Å². The van der Waals surface area contributed by atoms with E-state index in [9.17, 15) is 14.3 Å². The average molecular weight is 453 g/mol. The number of hydrazone groups is 1. The molecule has 1 saturated heterocycles. The SMILES string of the molecule is CN1CCCC(CN(C)C(=O)N2N=C3c4cc(F)ccc4OC[C@H]3[C@H]2c2cccc(O)c2)C1. The number of hydrogen-bond acceptors (Lipinski definition) is 5. The third-order valence-corrected chi connectivity index (χ3v) is 6.84. The van der Waals surface area contributed by atoms with Gasteiger partial charge in [0.15, 0.2) is 0 Å². The summed E-state index contributed by atoms with van der Waals surface area (Å²) in [6.07, 6.45) is 2.22. The number of likely N-dealkylation sites (tertiary alicyclic amines) is 1. The number of phenols is 1. The Hall–Kier alpha value is -3.13. The minimum atomic E-state index is -0.451. The summed E-state index contributed by atoms with van der Waals surface area (Å²) in [5.41, 5.74) is 1.98. The van der Waals surface area contributed by atoms with E-state index in [1.807, 2.05) is 13.1 Å². The van der Waals surface area contributed by atoms with Crippen molar-refractivity contribution in [2.45, 2.75) is 18.9 Å². The number of benzene rings is 2. The summed E-state index contributed by atoms with van der Waals surface area (Å²) in [7, 11) is 3.92. The highest BCUT2D eigenvalue weighted by atomic mass is 19.1. The molecule has 2 amide bonds. The molecule has 0 aliphatic carbocycles. The first-order valence-electron chi connectivity index (χ1n) is 11.4. The molecule has 0 aromatic heterocycles. The van der Waals surface area contributed by atoms with Crippen LogP contribution in [-0.2, 0) is 0 Å². The topological polar surface area (TPSA) is 68.6 Å². The molecule has 33 heavy (non-hydrogen) atoms. The minimum absolute atomic E-state index is 0.120. The van der Waals surface area contributed by atoms with Gasteiger partial charge < -0.3 is 19.6 Å². The predicted octanol–water partition coefficient (Wildman–Crippen LogP) is 3.69. The molecule has 3 heterocycles. The molecular formula is C25H29FN4O3. The van der Waals surface area contributed by atoms with Gasteiger partial charge in [-0.05, 0) is 68.2 Å². The number of carbonyl (C=O) groups is 1. The van der Waals surface area contributed by atoms with Crippen LogP contribution in [0, 0.1) is 17.7 Å². The summed E-state index contributed by atoms with van der Waals surface area (Å²) in [5.74, 6) is 0.453. The Balaban J connectivity index is 1.48. The fraction of sp³-hybridized carbons (Fsp3) is 0.440. The molecule has 0 spiro atoms. The van der Waals surface area contributed by atoms with Crippen LogP contribution in [0.1, 0.15) is 30.0 Å². The molecule has 174 valence electrons. The second-order valence-electron chi connectivity index (χ2n) is 9.36. The quantitative estimate of drug-likeness (QED) is 0.771. The first-order valence-corrected chi connectivity index (χ1v) is 11.4. The molecule has 3 aliphatic rings. The number of hydrogen-bond donors (Lipinski definition) is 1. The summed E-state index contributed by atoms with van der Waals surface area (Å²) in [5, 5.41) is 16.3. The van der Waals surface area contributed by atoms with Gasteiger partial charge in [-0.25, -0.2) is 14.2 Å². The smallest absolute Gasteiger partial charge is 0.340 e. The second-order valence-corrected chi connectivity index (χ2v) is 9.36. The van der Waals surface area contributed by atoms with Crippen molar-refractivity contribution >= 4 is 11.7 Å². The van der Waals surface area contributed by atoms with E-state index in [0.29, 0.717) is 36.1 Å². The number of phenolic OH excluding ortho intramolecular Hbond substituents is 1. The van der Waals surface area contributed by atoms with Gasteiger partial charge in [-0.1, -0.05) is 12.1 Å². The normalized spacial score (nSPS) is 24.5. The number of nitrogens with zero attached hydrogens (tertiary/aromatic N) is 4. The number of fused-ring (bicyclic) bond motifs is 3. The van der Waals surface area contributed by atoms with Crippen LogP contribution in [0.2, 0.25) is 0 Å². The summed E-state index contributed by atoms with van der Waals surface area (Å²) in [6.45, 7) is 3.01. The molecular weight excluding hydrogens is 423 g/mol. The Kier molecular flexibility index (Phi) is 5.70. The van der Waals surface area contributed by atoms with Gasteiger partial charge in [-0.3, -0.25) is 0 Å². The standard InChI is InChI=1S/C25H29FN4O3/c1-28-10-4-5-16(13-28)14-29(2)25(32)30-24(17-6-3-7-19(31)11-17)21-15-33-22-9-8-18(26)12-20(22)23(21)27-30/h3,6-9,11-12,16,21,24,31H,4-5,10,13-15H2,1-2H3/t16?,21-,24-/m1/s1. The molecule has 3 aliphatic heterocycles. The second kappa shape index (κ2) is 8.67. The monoisotopic (exact) mass is 452 g/mol. The van der Waals surface area contributed by atoms with Crippen molar-refractivity contribution in [1.29, 1.82) is 0 Å². The first kappa shape index (κ1) is 21.7. The average Bonchev–Trinajstić information content (AvgIpc) is 3.18. The van der Waals surface area contributed by atoms with Gasteiger partial charge in [0.25, 0.3) is 0 Å².